The van der Waals surface area contributed by atoms with Crippen molar-refractivity contribution >= 4 is 0 Å². The summed E-state index contributed by atoms with van der Waals surface area (Å²) >= 11 is 0. The normalized spacial score (nSPS) is 36.1. The second-order valence-corrected chi connectivity index (χ2v) is 7.03. The van der Waals surface area contributed by atoms with E-state index in [-0.39, 0.29) is 0 Å². The Morgan fingerprint density at radius 3 is 3.00 bits per heavy atom. The second kappa shape index (κ2) is 4.49. The third kappa shape index (κ3) is 1.60. The molecule has 3 atom stereocenters. The lowest BCUT2D eigenvalue weighted by Crippen LogP contribution is -2.59. The Labute approximate surface area is 122 Å². The fourth-order valence-corrected chi connectivity index (χ4v) is 5.30. The Morgan fingerprint density at radius 1 is 1.25 bits per heavy atom. The molecule has 1 aromatic carbocycles. The molecule has 2 aliphatic carbocycles. The minimum atomic E-state index is 0.456. The molecule has 108 valence electrons. The minimum Gasteiger partial charge on any atom is -0.497 e. The number of piperidine rings is 1. The molecule has 1 saturated carbocycles. The highest BCUT2D eigenvalue weighted by Gasteiger charge is 2.53. The number of rotatable bonds is 1. The van der Waals surface area contributed by atoms with Gasteiger partial charge in [0.2, 0.25) is 0 Å². The van der Waals surface area contributed by atoms with Gasteiger partial charge in [0.05, 0.1) is 7.11 Å². The Balaban J connectivity index is 1.88. The summed E-state index contributed by atoms with van der Waals surface area (Å²) < 4.78 is 5.51. The van der Waals surface area contributed by atoms with E-state index in [1.807, 2.05) is 0 Å². The van der Waals surface area contributed by atoms with Gasteiger partial charge in [-0.25, -0.2) is 0 Å². The van der Waals surface area contributed by atoms with E-state index in [9.17, 15) is 0 Å². The van der Waals surface area contributed by atoms with Crippen LogP contribution in [0.1, 0.15) is 43.2 Å². The Kier molecular flexibility index (Phi) is 2.85. The first kappa shape index (κ1) is 12.7. The molecular weight excluding hydrogens is 246 g/mol. The topological polar surface area (TPSA) is 12.5 Å². The van der Waals surface area contributed by atoms with E-state index in [0.717, 1.165) is 17.7 Å². The van der Waals surface area contributed by atoms with Crippen LogP contribution in [-0.4, -0.2) is 31.6 Å². The maximum absolute atomic E-state index is 5.51. The monoisotopic (exact) mass is 271 g/mol. The summed E-state index contributed by atoms with van der Waals surface area (Å²) in [7, 11) is 4.12. The van der Waals surface area contributed by atoms with Gasteiger partial charge >= 0.3 is 0 Å². The highest BCUT2D eigenvalue weighted by Crippen LogP contribution is 2.55. The third-order valence-electron chi connectivity index (χ3n) is 6.32. The van der Waals surface area contributed by atoms with Crippen LogP contribution >= 0.6 is 0 Å². The zero-order chi connectivity index (χ0) is 13.7. The van der Waals surface area contributed by atoms with E-state index in [0.29, 0.717) is 5.41 Å². The van der Waals surface area contributed by atoms with Crippen molar-refractivity contribution in [1.29, 1.82) is 0 Å². The fraction of sp³-hybridized carbons (Fsp3) is 0.667. The van der Waals surface area contributed by atoms with Gasteiger partial charge in [0, 0.05) is 11.5 Å². The molecule has 0 spiro atoms. The highest BCUT2D eigenvalue weighted by atomic mass is 16.5. The van der Waals surface area contributed by atoms with Gasteiger partial charge in [0.25, 0.3) is 0 Å². The summed E-state index contributed by atoms with van der Waals surface area (Å²) in [6.07, 6.45) is 8.22. The lowest BCUT2D eigenvalue weighted by molar-refractivity contribution is 0.00274. The van der Waals surface area contributed by atoms with E-state index in [2.05, 4.69) is 30.1 Å². The van der Waals surface area contributed by atoms with Gasteiger partial charge in [-0.2, -0.15) is 0 Å². The van der Waals surface area contributed by atoms with Crippen molar-refractivity contribution in [2.45, 2.75) is 50.0 Å². The molecular formula is C18H25NO. The summed E-state index contributed by atoms with van der Waals surface area (Å²) in [6.45, 7) is 1.26. The van der Waals surface area contributed by atoms with Gasteiger partial charge in [-0.15, -0.1) is 0 Å². The predicted molar refractivity (Wildman–Crippen MR) is 81.4 cm³/mol. The van der Waals surface area contributed by atoms with Crippen molar-refractivity contribution in [3.05, 3.63) is 29.3 Å². The second-order valence-electron chi connectivity index (χ2n) is 7.03. The third-order valence-corrected chi connectivity index (χ3v) is 6.32. The molecule has 0 radical (unpaired) electrons. The fourth-order valence-electron chi connectivity index (χ4n) is 5.30. The molecule has 2 heteroatoms. The van der Waals surface area contributed by atoms with Crippen molar-refractivity contribution in [1.82, 2.24) is 4.90 Å². The molecule has 1 unspecified atom stereocenters. The van der Waals surface area contributed by atoms with Crippen molar-refractivity contribution in [2.24, 2.45) is 5.92 Å². The van der Waals surface area contributed by atoms with Crippen LogP contribution < -0.4 is 4.74 Å². The van der Waals surface area contributed by atoms with Crippen LogP contribution in [0, 0.1) is 5.92 Å². The highest BCUT2D eigenvalue weighted by molar-refractivity contribution is 5.45. The van der Waals surface area contributed by atoms with Crippen molar-refractivity contribution in [3.8, 4) is 5.75 Å². The molecule has 2 bridgehead atoms. The molecule has 0 N–H and O–H groups in total. The van der Waals surface area contributed by atoms with Crippen molar-refractivity contribution in [3.63, 3.8) is 0 Å². The number of likely N-dealkylation sites (tertiary alicyclic amines) is 1. The molecule has 2 nitrogen and oxygen atoms in total. The smallest absolute Gasteiger partial charge is 0.119 e. The zero-order valence-electron chi connectivity index (χ0n) is 12.7. The number of ether oxygens (including phenoxy) is 1. The van der Waals surface area contributed by atoms with E-state index >= 15 is 0 Å². The number of likely N-dealkylation sites (N-methyl/N-ethyl adjacent to an activating group) is 1. The summed E-state index contributed by atoms with van der Waals surface area (Å²) in [5.74, 6) is 1.91. The van der Waals surface area contributed by atoms with Gasteiger partial charge in [-0.1, -0.05) is 18.9 Å². The first-order chi connectivity index (χ1) is 9.74. The zero-order valence-corrected chi connectivity index (χ0v) is 12.7. The first-order valence-electron chi connectivity index (χ1n) is 8.12. The summed E-state index contributed by atoms with van der Waals surface area (Å²) in [5.41, 5.74) is 3.67. The average molecular weight is 271 g/mol. The molecule has 1 aliphatic heterocycles. The van der Waals surface area contributed by atoms with E-state index < -0.39 is 0 Å². The first-order valence-corrected chi connectivity index (χ1v) is 8.12. The summed E-state index contributed by atoms with van der Waals surface area (Å²) in [6, 6.07) is 7.60. The van der Waals surface area contributed by atoms with Crippen LogP contribution in [0.25, 0.3) is 0 Å². The van der Waals surface area contributed by atoms with Gasteiger partial charge in [0.1, 0.15) is 5.75 Å². The number of hydrogen-bond acceptors (Lipinski definition) is 2. The Hall–Kier alpha value is -1.02. The molecule has 0 amide bonds. The standard InChI is InChI=1S/C18H25NO/c1-19-10-9-18-8-4-3-5-15(18)17(19)11-13-6-7-14(20-2)12-16(13)18/h6-7,12,15,17H,3-5,8-11H2,1-2H3/t15-,17?,18+/m0/s1. The largest absolute Gasteiger partial charge is 0.497 e. The van der Waals surface area contributed by atoms with Crippen LogP contribution in [0.15, 0.2) is 18.2 Å². The van der Waals surface area contributed by atoms with Crippen LogP contribution in [0.5, 0.6) is 5.75 Å². The van der Waals surface area contributed by atoms with Crippen LogP contribution in [0.3, 0.4) is 0 Å². The molecule has 0 aromatic heterocycles. The quantitative estimate of drug-likeness (QED) is 0.776. The number of fused-ring (bicyclic) bond motifs is 1. The number of nitrogens with zero attached hydrogens (tertiary/aromatic N) is 1. The lowest BCUT2D eigenvalue weighted by Gasteiger charge is -2.58. The molecule has 2 fully saturated rings. The summed E-state index contributed by atoms with van der Waals surface area (Å²) in [4.78, 5) is 2.63. The van der Waals surface area contributed by atoms with Crippen LogP contribution in [-0.2, 0) is 11.8 Å². The molecule has 20 heavy (non-hydrogen) atoms. The van der Waals surface area contributed by atoms with Gasteiger partial charge in [0.15, 0.2) is 0 Å². The molecule has 1 heterocycles. The minimum absolute atomic E-state index is 0.456. The molecule has 3 aliphatic rings. The van der Waals surface area contributed by atoms with Crippen molar-refractivity contribution in [2.75, 3.05) is 20.7 Å². The Morgan fingerprint density at radius 2 is 2.15 bits per heavy atom. The molecule has 1 saturated heterocycles. The maximum atomic E-state index is 5.51. The maximum Gasteiger partial charge on any atom is 0.119 e. The van der Waals surface area contributed by atoms with Gasteiger partial charge < -0.3 is 9.64 Å². The van der Waals surface area contributed by atoms with E-state index in [1.54, 1.807) is 18.2 Å². The SMILES string of the molecule is COc1ccc2c(c1)[C@@]13CCCC[C@H]1C(C2)N(C)CC3. The van der Waals surface area contributed by atoms with E-state index in [4.69, 9.17) is 4.74 Å². The molecule has 4 rings (SSSR count). The Bertz CT molecular complexity index is 526. The number of benzene rings is 1. The lowest BCUT2D eigenvalue weighted by atomic mass is 9.52. The number of methoxy groups -OCH3 is 1. The van der Waals surface area contributed by atoms with E-state index in [1.165, 1.54) is 45.1 Å². The molecule has 1 aromatic rings. The summed E-state index contributed by atoms with van der Waals surface area (Å²) in [5, 5.41) is 0. The predicted octanol–water partition coefficient (Wildman–Crippen LogP) is 3.38. The van der Waals surface area contributed by atoms with Crippen LogP contribution in [0.2, 0.25) is 0 Å². The average Bonchev–Trinajstić information content (AvgIpc) is 2.50. The van der Waals surface area contributed by atoms with Crippen LogP contribution in [0.4, 0.5) is 0 Å². The van der Waals surface area contributed by atoms with Gasteiger partial charge in [-0.3, -0.25) is 0 Å². The number of hydrogen-bond donors (Lipinski definition) is 0. The van der Waals surface area contributed by atoms with Crippen molar-refractivity contribution < 1.29 is 4.74 Å². The van der Waals surface area contributed by atoms with Gasteiger partial charge in [-0.05, 0) is 68.5 Å².